The van der Waals surface area contributed by atoms with Crippen LogP contribution in [0, 0.1) is 0 Å². The van der Waals surface area contributed by atoms with Crippen molar-refractivity contribution >= 4 is 27.9 Å². The Morgan fingerprint density at radius 2 is 1.47 bits per heavy atom. The van der Waals surface area contributed by atoms with E-state index in [1.54, 1.807) is 0 Å². The molecule has 0 aliphatic carbocycles. The van der Waals surface area contributed by atoms with Gasteiger partial charge >= 0.3 is 11.9 Å². The molecule has 0 aliphatic rings. The molecule has 0 bridgehead atoms. The average molecular weight is 330 g/mol. The number of halogens is 1. The molecule has 0 unspecified atom stereocenters. The third-order valence-electron chi connectivity index (χ3n) is 2.08. The van der Waals surface area contributed by atoms with Crippen LogP contribution in [0.4, 0.5) is 0 Å². The van der Waals surface area contributed by atoms with Crippen molar-refractivity contribution in [2.45, 2.75) is 26.7 Å². The Bertz CT molecular complexity index is 424. The predicted octanol–water partition coefficient (Wildman–Crippen LogP) is 2.98. The molecule has 0 N–H and O–H groups in total. The second-order valence-electron chi connectivity index (χ2n) is 3.83. The third-order valence-corrected chi connectivity index (χ3v) is 2.54. The zero-order chi connectivity index (χ0) is 14.3. The predicted molar refractivity (Wildman–Crippen MR) is 73.1 cm³/mol. The Kier molecular flexibility index (Phi) is 6.49. The van der Waals surface area contributed by atoms with Crippen LogP contribution in [-0.4, -0.2) is 30.1 Å². The van der Waals surface area contributed by atoms with Crippen LogP contribution in [0.5, 0.6) is 0 Å². The topological polar surface area (TPSA) is 65.5 Å². The number of hydrogen-bond acceptors (Lipinski definition) is 5. The largest absolute Gasteiger partial charge is 0.461 e. The SMILES string of the molecule is CCCOC(=O)c1cc(Br)cc(C(=O)OCCC)n1. The van der Waals surface area contributed by atoms with Gasteiger partial charge in [-0.1, -0.05) is 29.8 Å². The van der Waals surface area contributed by atoms with Crippen LogP contribution in [0.25, 0.3) is 0 Å². The van der Waals surface area contributed by atoms with Crippen molar-refractivity contribution in [3.8, 4) is 0 Å². The van der Waals surface area contributed by atoms with Crippen LogP contribution >= 0.6 is 15.9 Å². The first-order valence-corrected chi connectivity index (χ1v) is 6.89. The normalized spacial score (nSPS) is 10.1. The molecule has 104 valence electrons. The van der Waals surface area contributed by atoms with Gasteiger partial charge in [0.15, 0.2) is 0 Å². The summed E-state index contributed by atoms with van der Waals surface area (Å²) in [5, 5.41) is 0. The molecular weight excluding hydrogens is 314 g/mol. The molecule has 19 heavy (non-hydrogen) atoms. The lowest BCUT2D eigenvalue weighted by Crippen LogP contribution is -2.13. The number of ether oxygens (including phenoxy) is 2. The van der Waals surface area contributed by atoms with Crippen LogP contribution in [-0.2, 0) is 9.47 Å². The molecule has 1 aromatic heterocycles. The van der Waals surface area contributed by atoms with Crippen LogP contribution in [0.1, 0.15) is 47.7 Å². The maximum Gasteiger partial charge on any atom is 0.356 e. The first-order valence-electron chi connectivity index (χ1n) is 6.10. The summed E-state index contributed by atoms with van der Waals surface area (Å²) in [4.78, 5) is 27.3. The maximum absolute atomic E-state index is 11.7. The zero-order valence-electron chi connectivity index (χ0n) is 10.9. The minimum absolute atomic E-state index is 0.0891. The van der Waals surface area contributed by atoms with Crippen molar-refractivity contribution in [2.24, 2.45) is 0 Å². The van der Waals surface area contributed by atoms with Crippen LogP contribution in [0.15, 0.2) is 16.6 Å². The van der Waals surface area contributed by atoms with Gasteiger partial charge in [-0.3, -0.25) is 0 Å². The number of carbonyl (C=O) groups excluding carboxylic acids is 2. The van der Waals surface area contributed by atoms with Gasteiger partial charge in [0.1, 0.15) is 11.4 Å². The quantitative estimate of drug-likeness (QED) is 0.750. The number of esters is 2. The van der Waals surface area contributed by atoms with E-state index in [1.165, 1.54) is 12.1 Å². The minimum atomic E-state index is -0.548. The molecule has 0 atom stereocenters. The number of carbonyl (C=O) groups is 2. The molecule has 1 aromatic rings. The Morgan fingerprint density at radius 1 is 1.05 bits per heavy atom. The highest BCUT2D eigenvalue weighted by Gasteiger charge is 2.16. The number of aromatic nitrogens is 1. The van der Waals surface area contributed by atoms with Crippen molar-refractivity contribution < 1.29 is 19.1 Å². The van der Waals surface area contributed by atoms with Crippen LogP contribution in [0.3, 0.4) is 0 Å². The molecule has 1 rings (SSSR count). The summed E-state index contributed by atoms with van der Waals surface area (Å²) >= 11 is 3.23. The van der Waals surface area contributed by atoms with Crippen molar-refractivity contribution in [3.63, 3.8) is 0 Å². The first-order chi connectivity index (χ1) is 9.08. The molecule has 0 spiro atoms. The summed E-state index contributed by atoms with van der Waals surface area (Å²) in [6.07, 6.45) is 1.45. The summed E-state index contributed by atoms with van der Waals surface area (Å²) < 4.78 is 10.5. The Hall–Kier alpha value is -1.43. The summed E-state index contributed by atoms with van der Waals surface area (Å²) in [6, 6.07) is 3.02. The molecule has 0 amide bonds. The summed E-state index contributed by atoms with van der Waals surface area (Å²) in [5.41, 5.74) is 0.178. The highest BCUT2D eigenvalue weighted by Crippen LogP contribution is 2.14. The second kappa shape index (κ2) is 7.89. The highest BCUT2D eigenvalue weighted by atomic mass is 79.9. The van der Waals surface area contributed by atoms with Crippen molar-refractivity contribution in [2.75, 3.05) is 13.2 Å². The van der Waals surface area contributed by atoms with Gasteiger partial charge in [-0.2, -0.15) is 0 Å². The standard InChI is InChI=1S/C13H16BrNO4/c1-3-5-18-12(16)10-7-9(14)8-11(15-10)13(17)19-6-4-2/h7-8H,3-6H2,1-2H3. The van der Waals surface area contributed by atoms with Gasteiger partial charge < -0.3 is 9.47 Å². The molecule has 0 fully saturated rings. The number of nitrogens with zero attached hydrogens (tertiary/aromatic N) is 1. The minimum Gasteiger partial charge on any atom is -0.461 e. The van der Waals surface area contributed by atoms with Gasteiger partial charge in [0, 0.05) is 4.47 Å². The molecule has 0 radical (unpaired) electrons. The summed E-state index contributed by atoms with van der Waals surface area (Å²) in [7, 11) is 0. The molecule has 5 nitrogen and oxygen atoms in total. The van der Waals surface area contributed by atoms with Gasteiger partial charge in [0.25, 0.3) is 0 Å². The average Bonchev–Trinajstić information content (AvgIpc) is 2.41. The van der Waals surface area contributed by atoms with Gasteiger partial charge in [-0.15, -0.1) is 0 Å². The fourth-order valence-corrected chi connectivity index (χ4v) is 1.68. The third kappa shape index (κ3) is 4.98. The van der Waals surface area contributed by atoms with E-state index in [2.05, 4.69) is 20.9 Å². The fourth-order valence-electron chi connectivity index (χ4n) is 1.24. The van der Waals surface area contributed by atoms with Gasteiger partial charge in [-0.25, -0.2) is 14.6 Å². The van der Waals surface area contributed by atoms with E-state index >= 15 is 0 Å². The van der Waals surface area contributed by atoms with Crippen molar-refractivity contribution in [1.29, 1.82) is 0 Å². The molecule has 0 aliphatic heterocycles. The fraction of sp³-hybridized carbons (Fsp3) is 0.462. The molecule has 0 aromatic carbocycles. The number of hydrogen-bond donors (Lipinski definition) is 0. The van der Waals surface area contributed by atoms with Crippen molar-refractivity contribution in [3.05, 3.63) is 28.0 Å². The molecule has 0 saturated heterocycles. The van der Waals surface area contributed by atoms with E-state index in [0.717, 1.165) is 12.8 Å². The lowest BCUT2D eigenvalue weighted by molar-refractivity contribution is 0.0489. The summed E-state index contributed by atoms with van der Waals surface area (Å²) in [6.45, 7) is 4.44. The number of rotatable bonds is 6. The highest BCUT2D eigenvalue weighted by molar-refractivity contribution is 9.10. The van der Waals surface area contributed by atoms with E-state index < -0.39 is 11.9 Å². The molecule has 6 heteroatoms. The lowest BCUT2D eigenvalue weighted by Gasteiger charge is -2.06. The van der Waals surface area contributed by atoms with Gasteiger partial charge in [0.05, 0.1) is 13.2 Å². The van der Waals surface area contributed by atoms with E-state index in [-0.39, 0.29) is 11.4 Å². The van der Waals surface area contributed by atoms with Crippen LogP contribution < -0.4 is 0 Å². The monoisotopic (exact) mass is 329 g/mol. The number of pyridine rings is 1. The second-order valence-corrected chi connectivity index (χ2v) is 4.74. The molecular formula is C13H16BrNO4. The Balaban J connectivity index is 2.87. The summed E-state index contributed by atoms with van der Waals surface area (Å²) in [5.74, 6) is -1.10. The van der Waals surface area contributed by atoms with Gasteiger partial charge in [-0.05, 0) is 25.0 Å². The van der Waals surface area contributed by atoms with E-state index in [1.807, 2.05) is 13.8 Å². The Labute approximate surface area is 120 Å². The Morgan fingerprint density at radius 3 is 1.84 bits per heavy atom. The zero-order valence-corrected chi connectivity index (χ0v) is 12.5. The van der Waals surface area contributed by atoms with E-state index in [4.69, 9.17) is 9.47 Å². The first kappa shape index (κ1) is 15.6. The molecule has 0 saturated carbocycles. The molecule has 1 heterocycles. The van der Waals surface area contributed by atoms with E-state index in [9.17, 15) is 9.59 Å². The van der Waals surface area contributed by atoms with Gasteiger partial charge in [0.2, 0.25) is 0 Å². The van der Waals surface area contributed by atoms with Crippen LogP contribution in [0.2, 0.25) is 0 Å². The smallest absolute Gasteiger partial charge is 0.356 e. The van der Waals surface area contributed by atoms with E-state index in [0.29, 0.717) is 17.7 Å². The van der Waals surface area contributed by atoms with Crippen molar-refractivity contribution in [1.82, 2.24) is 4.98 Å². The maximum atomic E-state index is 11.7. The lowest BCUT2D eigenvalue weighted by atomic mass is 10.3.